The number of benzene rings is 3. The van der Waals surface area contributed by atoms with Crippen molar-refractivity contribution in [2.45, 2.75) is 70.4 Å². The number of methoxy groups -OCH3 is 4. The highest BCUT2D eigenvalue weighted by molar-refractivity contribution is 5.98. The van der Waals surface area contributed by atoms with E-state index in [1.54, 1.807) is 50.5 Å². The van der Waals surface area contributed by atoms with Gasteiger partial charge in [0.15, 0.2) is 11.5 Å². The molecule has 1 heterocycles. The number of rotatable bonds is 12. The van der Waals surface area contributed by atoms with E-state index in [-0.39, 0.29) is 59.2 Å². The molecule has 0 radical (unpaired) electrons. The highest BCUT2D eigenvalue weighted by Crippen LogP contribution is 2.47. The van der Waals surface area contributed by atoms with E-state index in [2.05, 4.69) is 10.6 Å². The fourth-order valence-electron chi connectivity index (χ4n) is 6.15. The van der Waals surface area contributed by atoms with E-state index < -0.39 is 41.3 Å². The lowest BCUT2D eigenvalue weighted by Gasteiger charge is -2.24. The Kier molecular flexibility index (Phi) is 14.5. The van der Waals surface area contributed by atoms with E-state index in [9.17, 15) is 29.4 Å². The Labute approximate surface area is 309 Å². The number of carbonyl (C=O) groups excluding carboxylic acids is 4. The van der Waals surface area contributed by atoms with Crippen molar-refractivity contribution in [2.24, 2.45) is 0 Å². The van der Waals surface area contributed by atoms with Crippen LogP contribution in [0.25, 0.3) is 6.08 Å². The van der Waals surface area contributed by atoms with Crippen LogP contribution in [0.1, 0.15) is 90.4 Å². The molecule has 3 aromatic carbocycles. The third-order valence-electron chi connectivity index (χ3n) is 8.97. The predicted octanol–water partition coefficient (Wildman–Crippen LogP) is 5.57. The Morgan fingerprint density at radius 3 is 2.21 bits per heavy atom. The zero-order chi connectivity index (χ0) is 38.5. The lowest BCUT2D eigenvalue weighted by atomic mass is 9.84. The number of Topliss-reactive ketones (excluding diaryl/α,β-unsaturated/α-hetero) is 1. The van der Waals surface area contributed by atoms with Gasteiger partial charge in [0.05, 0.1) is 41.1 Å². The molecule has 0 aromatic heterocycles. The quantitative estimate of drug-likeness (QED) is 0.171. The molecule has 1 aliphatic heterocycles. The molecular weight excluding hydrogens is 684 g/mol. The second-order valence-electron chi connectivity index (χ2n) is 12.7. The molecule has 1 aliphatic rings. The molecule has 0 aliphatic carbocycles. The molecule has 0 bridgehead atoms. The van der Waals surface area contributed by atoms with Gasteiger partial charge in [-0.05, 0) is 79.6 Å². The summed E-state index contributed by atoms with van der Waals surface area (Å²) < 4.78 is 27.5. The van der Waals surface area contributed by atoms with Crippen LogP contribution in [-0.2, 0) is 25.7 Å². The summed E-state index contributed by atoms with van der Waals surface area (Å²) in [5.74, 6) is -2.33. The molecule has 13 heteroatoms. The number of amides is 2. The fraction of sp³-hybridized carbons (Fsp3) is 0.400. The number of ether oxygens (including phenoxy) is 5. The maximum Gasteiger partial charge on any atom is 0.342 e. The van der Waals surface area contributed by atoms with E-state index >= 15 is 0 Å². The lowest BCUT2D eigenvalue weighted by Crippen LogP contribution is -2.37. The van der Waals surface area contributed by atoms with Crippen molar-refractivity contribution in [3.8, 4) is 34.5 Å². The van der Waals surface area contributed by atoms with E-state index in [0.717, 1.165) is 5.56 Å². The van der Waals surface area contributed by atoms with Gasteiger partial charge >= 0.3 is 5.97 Å². The van der Waals surface area contributed by atoms with Gasteiger partial charge in [-0.25, -0.2) is 4.79 Å². The Bertz CT molecular complexity index is 1780. The molecular formula is C40H48N2O11. The van der Waals surface area contributed by atoms with Crippen molar-refractivity contribution in [1.82, 2.24) is 10.6 Å². The summed E-state index contributed by atoms with van der Waals surface area (Å²) in [6.07, 6.45) is 5.33. The summed E-state index contributed by atoms with van der Waals surface area (Å²) in [6, 6.07) is 11.7. The number of aromatic hydroxyl groups is 2. The number of ketones is 1. The number of hydrogen-bond donors (Lipinski definition) is 4. The standard InChI is InChI=1S/C40H48N2O11/c1-24-10-9-13-28(43)12-8-6-7-11-26-18-31(44)37(38(47)36(26)40(48)53-24)30(27-19-32(50-3)39(52-5)33(20-27)51-4)21-34(45)42-23-35(46)41-22-25-14-16-29(49-2)17-15-25/h7,11,14-20,24,30,44,47H,6,8-10,12-13,21-23H2,1-5H3,(H,41,46)(H,42,45)/b11-7+/t24-,30?/m0/s1. The molecule has 1 unspecified atom stereocenters. The van der Waals surface area contributed by atoms with Gasteiger partial charge in [-0.3, -0.25) is 14.4 Å². The number of carbonyl (C=O) groups is 4. The molecule has 3 aromatic rings. The molecule has 0 saturated carbocycles. The molecule has 4 rings (SSSR count). The monoisotopic (exact) mass is 732 g/mol. The number of allylic oxidation sites excluding steroid dienone is 1. The van der Waals surface area contributed by atoms with E-state index in [1.807, 2.05) is 12.1 Å². The minimum absolute atomic E-state index is 0.123. The summed E-state index contributed by atoms with van der Waals surface area (Å²) >= 11 is 0. The van der Waals surface area contributed by atoms with Gasteiger partial charge in [0, 0.05) is 37.3 Å². The molecule has 0 saturated heterocycles. The third kappa shape index (κ3) is 10.7. The summed E-state index contributed by atoms with van der Waals surface area (Å²) in [5, 5.41) is 28.8. The van der Waals surface area contributed by atoms with Crippen LogP contribution in [0.3, 0.4) is 0 Å². The number of nitrogens with one attached hydrogen (secondary N) is 2. The maximum absolute atomic E-state index is 13.7. The SMILES string of the molecule is COc1ccc(CNC(=O)CNC(=O)CC(c2cc(OC)c(OC)c(OC)c2)c2c(O)cc3c(c2O)C(=O)O[C@@H](C)CCCC(=O)CCC/C=C/3)cc1. The number of hydrogen-bond acceptors (Lipinski definition) is 11. The normalized spacial score (nSPS) is 16.2. The number of esters is 1. The zero-order valence-electron chi connectivity index (χ0n) is 30.8. The smallest absolute Gasteiger partial charge is 0.342 e. The summed E-state index contributed by atoms with van der Waals surface area (Å²) in [4.78, 5) is 52.2. The molecule has 0 spiro atoms. The molecule has 13 nitrogen and oxygen atoms in total. The van der Waals surface area contributed by atoms with Gasteiger partial charge < -0.3 is 44.5 Å². The minimum Gasteiger partial charge on any atom is -0.507 e. The van der Waals surface area contributed by atoms with Crippen LogP contribution in [0.4, 0.5) is 0 Å². The third-order valence-corrected chi connectivity index (χ3v) is 8.97. The average Bonchev–Trinajstić information content (AvgIpc) is 3.14. The van der Waals surface area contributed by atoms with Gasteiger partial charge in [-0.2, -0.15) is 0 Å². The number of cyclic esters (lactones) is 1. The first-order chi connectivity index (χ1) is 25.5. The maximum atomic E-state index is 13.7. The highest BCUT2D eigenvalue weighted by Gasteiger charge is 2.32. The van der Waals surface area contributed by atoms with Crippen LogP contribution in [0.5, 0.6) is 34.5 Å². The second-order valence-corrected chi connectivity index (χ2v) is 12.7. The van der Waals surface area contributed by atoms with Gasteiger partial charge in [-0.15, -0.1) is 0 Å². The van der Waals surface area contributed by atoms with Gasteiger partial charge in [0.2, 0.25) is 17.6 Å². The average molecular weight is 733 g/mol. The molecule has 4 N–H and O–H groups in total. The molecule has 2 amide bonds. The molecule has 284 valence electrons. The Hall–Kier alpha value is -5.72. The van der Waals surface area contributed by atoms with Crippen molar-refractivity contribution in [3.63, 3.8) is 0 Å². The topological polar surface area (TPSA) is 179 Å². The lowest BCUT2D eigenvalue weighted by molar-refractivity contribution is -0.126. The van der Waals surface area contributed by atoms with Crippen LogP contribution < -0.4 is 29.6 Å². The van der Waals surface area contributed by atoms with Crippen LogP contribution >= 0.6 is 0 Å². The predicted molar refractivity (Wildman–Crippen MR) is 197 cm³/mol. The van der Waals surface area contributed by atoms with E-state index in [0.29, 0.717) is 49.8 Å². The van der Waals surface area contributed by atoms with Crippen molar-refractivity contribution < 1.29 is 53.1 Å². The zero-order valence-corrected chi connectivity index (χ0v) is 30.8. The fourth-order valence-corrected chi connectivity index (χ4v) is 6.15. The van der Waals surface area contributed by atoms with Gasteiger partial charge in [0.1, 0.15) is 28.6 Å². The van der Waals surface area contributed by atoms with Crippen LogP contribution in [0.2, 0.25) is 0 Å². The van der Waals surface area contributed by atoms with Crippen LogP contribution in [-0.4, -0.2) is 74.9 Å². The Morgan fingerprint density at radius 2 is 1.57 bits per heavy atom. The van der Waals surface area contributed by atoms with Crippen LogP contribution in [0, 0.1) is 0 Å². The first-order valence-electron chi connectivity index (χ1n) is 17.4. The largest absolute Gasteiger partial charge is 0.507 e. The first kappa shape index (κ1) is 40.1. The minimum atomic E-state index is -1.09. The van der Waals surface area contributed by atoms with Crippen molar-refractivity contribution in [1.29, 1.82) is 0 Å². The molecule has 2 atom stereocenters. The number of fused-ring (bicyclic) bond motifs is 1. The number of phenols is 2. The van der Waals surface area contributed by atoms with Crippen molar-refractivity contribution in [3.05, 3.63) is 76.4 Å². The second kappa shape index (κ2) is 19.2. The molecule has 53 heavy (non-hydrogen) atoms. The molecule has 0 fully saturated rings. The Balaban J connectivity index is 1.71. The van der Waals surface area contributed by atoms with Crippen molar-refractivity contribution >= 4 is 29.6 Å². The summed E-state index contributed by atoms with van der Waals surface area (Å²) in [7, 11) is 5.85. The van der Waals surface area contributed by atoms with Gasteiger partial charge in [-0.1, -0.05) is 24.3 Å². The Morgan fingerprint density at radius 1 is 0.887 bits per heavy atom. The van der Waals surface area contributed by atoms with Crippen LogP contribution in [0.15, 0.2) is 48.5 Å². The van der Waals surface area contributed by atoms with Crippen molar-refractivity contribution in [2.75, 3.05) is 35.0 Å². The van der Waals surface area contributed by atoms with E-state index in [1.165, 1.54) is 27.4 Å². The summed E-state index contributed by atoms with van der Waals surface area (Å²) in [5.41, 5.74) is 1.09. The summed E-state index contributed by atoms with van der Waals surface area (Å²) in [6.45, 7) is 1.59. The first-order valence-corrected chi connectivity index (χ1v) is 17.4. The number of phenolic OH excluding ortho intramolecular Hbond substituents is 2. The van der Waals surface area contributed by atoms with E-state index in [4.69, 9.17) is 23.7 Å². The highest BCUT2D eigenvalue weighted by atomic mass is 16.5. The van der Waals surface area contributed by atoms with Gasteiger partial charge in [0.25, 0.3) is 0 Å².